The maximum absolute atomic E-state index is 12.4. The molecule has 1 aromatic carbocycles. The third-order valence-corrected chi connectivity index (χ3v) is 4.41. The second kappa shape index (κ2) is 6.86. The molecule has 2 N–H and O–H groups in total. The zero-order chi connectivity index (χ0) is 18.0. The van der Waals surface area contributed by atoms with Gasteiger partial charge in [-0.3, -0.25) is 9.48 Å². The Morgan fingerprint density at radius 1 is 1.21 bits per heavy atom. The highest BCUT2D eigenvalue weighted by molar-refractivity contribution is 5.86. The first kappa shape index (κ1) is 17.7. The number of benzene rings is 1. The van der Waals surface area contributed by atoms with Gasteiger partial charge < -0.3 is 10.4 Å². The van der Waals surface area contributed by atoms with Crippen molar-refractivity contribution in [2.75, 3.05) is 0 Å². The number of carboxylic acids is 1. The molecule has 1 atom stereocenters. The Kier molecular flexibility index (Phi) is 5.07. The first-order valence-corrected chi connectivity index (χ1v) is 7.79. The molecule has 1 heterocycles. The summed E-state index contributed by atoms with van der Waals surface area (Å²) >= 11 is 0. The van der Waals surface area contributed by atoms with Crippen LogP contribution in [0.5, 0.6) is 0 Å². The zero-order valence-corrected chi connectivity index (χ0v) is 14.7. The summed E-state index contributed by atoms with van der Waals surface area (Å²) in [6.07, 6.45) is 0.111. The molecule has 0 aliphatic heterocycles. The lowest BCUT2D eigenvalue weighted by Crippen LogP contribution is -2.35. The minimum Gasteiger partial charge on any atom is -0.479 e. The van der Waals surface area contributed by atoms with Crippen molar-refractivity contribution in [3.63, 3.8) is 0 Å². The molecule has 6 nitrogen and oxygen atoms in total. The van der Waals surface area contributed by atoms with E-state index >= 15 is 0 Å². The summed E-state index contributed by atoms with van der Waals surface area (Å²) in [6.45, 7) is 7.61. The third kappa shape index (κ3) is 3.64. The first-order valence-electron chi connectivity index (χ1n) is 7.79. The van der Waals surface area contributed by atoms with Crippen LogP contribution in [0.4, 0.5) is 0 Å². The summed E-state index contributed by atoms with van der Waals surface area (Å²) in [5, 5.41) is 16.4. The molecule has 0 aliphatic rings. The fraction of sp³-hybridized carbons (Fsp3) is 0.389. The SMILES string of the molecule is Cc1ccc(C(NC(=O)Cc2c(C)nn(C)c2C)C(=O)O)cc1C. The van der Waals surface area contributed by atoms with E-state index in [1.807, 2.05) is 40.8 Å². The van der Waals surface area contributed by atoms with Crippen molar-refractivity contribution in [2.24, 2.45) is 7.05 Å². The van der Waals surface area contributed by atoms with Crippen LogP contribution in [-0.2, 0) is 23.1 Å². The molecule has 0 aliphatic carbocycles. The molecule has 0 radical (unpaired) electrons. The topological polar surface area (TPSA) is 84.2 Å². The van der Waals surface area contributed by atoms with Gasteiger partial charge in [0, 0.05) is 18.3 Å². The number of carboxylic acid groups (broad SMARTS) is 1. The van der Waals surface area contributed by atoms with E-state index in [4.69, 9.17) is 0 Å². The van der Waals surface area contributed by atoms with Crippen molar-refractivity contribution in [3.8, 4) is 0 Å². The number of hydrogen-bond donors (Lipinski definition) is 2. The van der Waals surface area contributed by atoms with Crippen LogP contribution in [0.1, 0.15) is 39.7 Å². The van der Waals surface area contributed by atoms with Crippen LogP contribution in [0, 0.1) is 27.7 Å². The van der Waals surface area contributed by atoms with Gasteiger partial charge in [-0.05, 0) is 44.4 Å². The predicted octanol–water partition coefficient (Wildman–Crippen LogP) is 2.14. The summed E-state index contributed by atoms with van der Waals surface area (Å²) in [4.78, 5) is 23.9. The van der Waals surface area contributed by atoms with Gasteiger partial charge in [0.25, 0.3) is 0 Å². The zero-order valence-electron chi connectivity index (χ0n) is 14.7. The molecule has 2 aromatic rings. The molecule has 1 unspecified atom stereocenters. The highest BCUT2D eigenvalue weighted by Gasteiger charge is 2.23. The number of nitrogens with one attached hydrogen (secondary N) is 1. The molecule has 6 heteroatoms. The highest BCUT2D eigenvalue weighted by atomic mass is 16.4. The summed E-state index contributed by atoms with van der Waals surface area (Å²) in [5.41, 5.74) is 5.16. The fourth-order valence-corrected chi connectivity index (χ4v) is 2.68. The van der Waals surface area contributed by atoms with Crippen LogP contribution in [0.25, 0.3) is 0 Å². The van der Waals surface area contributed by atoms with Crippen molar-refractivity contribution < 1.29 is 14.7 Å². The van der Waals surface area contributed by atoms with E-state index in [2.05, 4.69) is 10.4 Å². The van der Waals surface area contributed by atoms with E-state index < -0.39 is 12.0 Å². The van der Waals surface area contributed by atoms with Gasteiger partial charge in [-0.2, -0.15) is 5.10 Å². The monoisotopic (exact) mass is 329 g/mol. The molecule has 0 bridgehead atoms. The molecule has 0 saturated carbocycles. The minimum absolute atomic E-state index is 0.111. The largest absolute Gasteiger partial charge is 0.479 e. The molecule has 24 heavy (non-hydrogen) atoms. The van der Waals surface area contributed by atoms with Gasteiger partial charge in [0.15, 0.2) is 6.04 Å². The molecule has 2 rings (SSSR count). The molecular formula is C18H23N3O3. The van der Waals surface area contributed by atoms with Crippen molar-refractivity contribution >= 4 is 11.9 Å². The first-order chi connectivity index (χ1) is 11.2. The normalized spacial score (nSPS) is 12.0. The van der Waals surface area contributed by atoms with Crippen LogP contribution in [-0.4, -0.2) is 26.8 Å². The summed E-state index contributed by atoms with van der Waals surface area (Å²) in [7, 11) is 1.82. The Bertz CT molecular complexity index is 793. The Morgan fingerprint density at radius 3 is 2.38 bits per heavy atom. The van der Waals surface area contributed by atoms with E-state index in [0.29, 0.717) is 5.56 Å². The van der Waals surface area contributed by atoms with Crippen LogP contribution in [0.15, 0.2) is 18.2 Å². The lowest BCUT2D eigenvalue weighted by atomic mass is 10.0. The smallest absolute Gasteiger partial charge is 0.330 e. The van der Waals surface area contributed by atoms with Gasteiger partial charge in [0.1, 0.15) is 0 Å². The number of aliphatic carboxylic acids is 1. The number of hydrogen-bond acceptors (Lipinski definition) is 3. The average Bonchev–Trinajstić information content (AvgIpc) is 2.74. The molecule has 0 fully saturated rings. The third-order valence-electron chi connectivity index (χ3n) is 4.41. The highest BCUT2D eigenvalue weighted by Crippen LogP contribution is 2.19. The Hall–Kier alpha value is -2.63. The van der Waals surface area contributed by atoms with Crippen LogP contribution >= 0.6 is 0 Å². The number of rotatable bonds is 5. The maximum atomic E-state index is 12.4. The second-order valence-electron chi connectivity index (χ2n) is 6.13. The number of carbonyl (C=O) groups excluding carboxylic acids is 1. The lowest BCUT2D eigenvalue weighted by molar-refractivity contribution is -0.141. The average molecular weight is 329 g/mol. The second-order valence-corrected chi connectivity index (χ2v) is 6.13. The summed E-state index contributed by atoms with van der Waals surface area (Å²) in [6, 6.07) is 4.34. The van der Waals surface area contributed by atoms with E-state index in [1.165, 1.54) is 0 Å². The van der Waals surface area contributed by atoms with Gasteiger partial charge in [0.2, 0.25) is 5.91 Å². The van der Waals surface area contributed by atoms with E-state index in [-0.39, 0.29) is 12.3 Å². The number of nitrogens with zero attached hydrogens (tertiary/aromatic N) is 2. The van der Waals surface area contributed by atoms with E-state index in [9.17, 15) is 14.7 Å². The number of aryl methyl sites for hydroxylation is 4. The van der Waals surface area contributed by atoms with Crippen molar-refractivity contribution in [3.05, 3.63) is 51.8 Å². The van der Waals surface area contributed by atoms with Gasteiger partial charge in [0.05, 0.1) is 12.1 Å². The standard InChI is InChI=1S/C18H23N3O3/c1-10-6-7-14(8-11(10)2)17(18(23)24)19-16(22)9-15-12(3)20-21(5)13(15)4/h6-8,17H,9H2,1-5H3,(H,19,22)(H,23,24). The Balaban J connectivity index is 2.20. The van der Waals surface area contributed by atoms with Crippen molar-refractivity contribution in [1.29, 1.82) is 0 Å². The van der Waals surface area contributed by atoms with Gasteiger partial charge in [-0.1, -0.05) is 18.2 Å². The van der Waals surface area contributed by atoms with Crippen molar-refractivity contribution in [1.82, 2.24) is 15.1 Å². The Labute approximate surface area is 141 Å². The molecule has 1 amide bonds. The summed E-state index contributed by atoms with van der Waals surface area (Å²) in [5.74, 6) is -1.41. The maximum Gasteiger partial charge on any atom is 0.330 e. The minimum atomic E-state index is -1.08. The number of aromatic nitrogens is 2. The van der Waals surface area contributed by atoms with Crippen molar-refractivity contribution in [2.45, 2.75) is 40.2 Å². The molecule has 0 spiro atoms. The van der Waals surface area contributed by atoms with Gasteiger partial charge >= 0.3 is 5.97 Å². The fourth-order valence-electron chi connectivity index (χ4n) is 2.68. The van der Waals surface area contributed by atoms with Gasteiger partial charge in [-0.25, -0.2) is 4.79 Å². The lowest BCUT2D eigenvalue weighted by Gasteiger charge is -2.16. The van der Waals surface area contributed by atoms with Crippen LogP contribution in [0.2, 0.25) is 0 Å². The predicted molar refractivity (Wildman–Crippen MR) is 90.8 cm³/mol. The Morgan fingerprint density at radius 2 is 1.88 bits per heavy atom. The van der Waals surface area contributed by atoms with E-state index in [0.717, 1.165) is 28.1 Å². The van der Waals surface area contributed by atoms with Gasteiger partial charge in [-0.15, -0.1) is 0 Å². The number of amides is 1. The van der Waals surface area contributed by atoms with Crippen LogP contribution in [0.3, 0.4) is 0 Å². The van der Waals surface area contributed by atoms with E-state index in [1.54, 1.807) is 16.8 Å². The van der Waals surface area contributed by atoms with Crippen LogP contribution < -0.4 is 5.32 Å². The number of carbonyl (C=O) groups is 2. The summed E-state index contributed by atoms with van der Waals surface area (Å²) < 4.78 is 1.72. The molecular weight excluding hydrogens is 306 g/mol. The molecule has 128 valence electrons. The molecule has 1 aromatic heterocycles. The quantitative estimate of drug-likeness (QED) is 0.880. The molecule has 0 saturated heterocycles.